The summed E-state index contributed by atoms with van der Waals surface area (Å²) in [5, 5.41) is 12.0. The number of carbonyl (C=O) groups is 1. The standard InChI is InChI=1S/C15H15NO4/c17-9-13(8-11-4-2-1-3-5-11)16-15(19)12-6-7-14(18)20-10-12/h1-7,10,13,17H,8-9H2,(H,16,19)/t13-/m1/s1. The average Bonchev–Trinajstić information content (AvgIpc) is 2.48. The minimum absolute atomic E-state index is 0.169. The van der Waals surface area contributed by atoms with Crippen molar-refractivity contribution in [2.24, 2.45) is 0 Å². The zero-order valence-corrected chi connectivity index (χ0v) is 10.8. The monoisotopic (exact) mass is 273 g/mol. The summed E-state index contributed by atoms with van der Waals surface area (Å²) in [4.78, 5) is 22.8. The van der Waals surface area contributed by atoms with E-state index in [2.05, 4.69) is 9.73 Å². The largest absolute Gasteiger partial charge is 0.430 e. The molecule has 5 nitrogen and oxygen atoms in total. The van der Waals surface area contributed by atoms with Crippen molar-refractivity contribution in [3.05, 3.63) is 70.3 Å². The second-order valence-electron chi connectivity index (χ2n) is 4.39. The predicted molar refractivity (Wildman–Crippen MR) is 73.5 cm³/mol. The Morgan fingerprint density at radius 3 is 2.55 bits per heavy atom. The molecule has 0 aliphatic heterocycles. The minimum atomic E-state index is -0.510. The molecule has 2 aromatic rings. The fraction of sp³-hybridized carbons (Fsp3) is 0.200. The minimum Gasteiger partial charge on any atom is -0.430 e. The zero-order chi connectivity index (χ0) is 14.4. The van der Waals surface area contributed by atoms with Gasteiger partial charge in [0, 0.05) is 6.07 Å². The van der Waals surface area contributed by atoms with Crippen LogP contribution < -0.4 is 10.9 Å². The van der Waals surface area contributed by atoms with Crippen LogP contribution in [-0.2, 0) is 6.42 Å². The highest BCUT2D eigenvalue weighted by Crippen LogP contribution is 2.04. The molecule has 0 fully saturated rings. The van der Waals surface area contributed by atoms with Gasteiger partial charge in [-0.2, -0.15) is 0 Å². The first-order valence-corrected chi connectivity index (χ1v) is 6.23. The zero-order valence-electron chi connectivity index (χ0n) is 10.8. The number of benzene rings is 1. The van der Waals surface area contributed by atoms with Crippen LogP contribution in [0, 0.1) is 0 Å². The number of aliphatic hydroxyl groups excluding tert-OH is 1. The molecule has 1 amide bonds. The van der Waals surface area contributed by atoms with Crippen LogP contribution in [0.2, 0.25) is 0 Å². The molecule has 0 bridgehead atoms. The number of hydrogen-bond donors (Lipinski definition) is 2. The third-order valence-corrected chi connectivity index (χ3v) is 2.84. The van der Waals surface area contributed by atoms with Crippen LogP contribution in [0.15, 0.2) is 57.9 Å². The van der Waals surface area contributed by atoms with E-state index in [1.54, 1.807) is 0 Å². The Hall–Kier alpha value is -2.40. The number of aliphatic hydroxyl groups is 1. The highest BCUT2D eigenvalue weighted by atomic mass is 16.4. The normalized spacial score (nSPS) is 11.8. The van der Waals surface area contributed by atoms with Crippen LogP contribution in [0.5, 0.6) is 0 Å². The Morgan fingerprint density at radius 1 is 1.20 bits per heavy atom. The average molecular weight is 273 g/mol. The molecule has 20 heavy (non-hydrogen) atoms. The van der Waals surface area contributed by atoms with Crippen molar-refractivity contribution in [2.45, 2.75) is 12.5 Å². The van der Waals surface area contributed by atoms with E-state index in [4.69, 9.17) is 0 Å². The van der Waals surface area contributed by atoms with Crippen molar-refractivity contribution >= 4 is 5.91 Å². The molecule has 0 aliphatic rings. The molecule has 0 saturated carbocycles. The lowest BCUT2D eigenvalue weighted by atomic mass is 10.1. The third-order valence-electron chi connectivity index (χ3n) is 2.84. The molecular weight excluding hydrogens is 258 g/mol. The first-order chi connectivity index (χ1) is 9.69. The molecule has 1 aromatic heterocycles. The summed E-state index contributed by atoms with van der Waals surface area (Å²) < 4.78 is 4.63. The predicted octanol–water partition coefficient (Wildman–Crippen LogP) is 0.973. The van der Waals surface area contributed by atoms with Gasteiger partial charge in [0.15, 0.2) is 0 Å². The molecule has 5 heteroatoms. The van der Waals surface area contributed by atoms with Crippen LogP contribution in [0.3, 0.4) is 0 Å². The maximum absolute atomic E-state index is 11.9. The number of rotatable bonds is 5. The molecule has 0 saturated heterocycles. The molecule has 0 radical (unpaired) electrons. The molecule has 1 heterocycles. The van der Waals surface area contributed by atoms with Gasteiger partial charge >= 0.3 is 5.63 Å². The van der Waals surface area contributed by atoms with Crippen LogP contribution in [0.1, 0.15) is 15.9 Å². The summed E-state index contributed by atoms with van der Waals surface area (Å²) in [6, 6.07) is 11.7. The van der Waals surface area contributed by atoms with Crippen molar-refractivity contribution in [1.29, 1.82) is 0 Å². The van der Waals surface area contributed by atoms with E-state index in [1.165, 1.54) is 12.1 Å². The summed E-state index contributed by atoms with van der Waals surface area (Å²) in [5.74, 6) is -0.385. The van der Waals surface area contributed by atoms with Crippen molar-refractivity contribution < 1.29 is 14.3 Å². The van der Waals surface area contributed by atoms with E-state index in [0.29, 0.717) is 6.42 Å². The molecule has 104 valence electrons. The Kier molecular flexibility index (Phi) is 4.68. The summed E-state index contributed by atoms with van der Waals surface area (Å²) in [5.41, 5.74) is 0.757. The van der Waals surface area contributed by atoms with E-state index in [0.717, 1.165) is 11.8 Å². The van der Waals surface area contributed by atoms with Gasteiger partial charge in [-0.05, 0) is 18.1 Å². The van der Waals surface area contributed by atoms with Gasteiger partial charge in [0.05, 0.1) is 18.2 Å². The van der Waals surface area contributed by atoms with Crippen molar-refractivity contribution in [2.75, 3.05) is 6.61 Å². The molecular formula is C15H15NO4. The molecule has 2 N–H and O–H groups in total. The van der Waals surface area contributed by atoms with Gasteiger partial charge in [-0.1, -0.05) is 30.3 Å². The maximum Gasteiger partial charge on any atom is 0.335 e. The highest BCUT2D eigenvalue weighted by molar-refractivity contribution is 5.93. The molecule has 0 aliphatic carbocycles. The Labute approximate surface area is 115 Å². The van der Waals surface area contributed by atoms with E-state index in [9.17, 15) is 14.7 Å². The number of nitrogens with one attached hydrogen (secondary N) is 1. The molecule has 0 spiro atoms. The van der Waals surface area contributed by atoms with Crippen molar-refractivity contribution in [3.8, 4) is 0 Å². The molecule has 2 rings (SSSR count). The summed E-state index contributed by atoms with van der Waals surface area (Å²) in [6.45, 7) is -0.169. The quantitative estimate of drug-likeness (QED) is 0.851. The van der Waals surface area contributed by atoms with E-state index < -0.39 is 11.7 Å². The summed E-state index contributed by atoms with van der Waals surface area (Å²) in [6.07, 6.45) is 1.63. The van der Waals surface area contributed by atoms with Crippen LogP contribution >= 0.6 is 0 Å². The highest BCUT2D eigenvalue weighted by Gasteiger charge is 2.14. The first-order valence-electron chi connectivity index (χ1n) is 6.23. The van der Waals surface area contributed by atoms with Gasteiger partial charge in [-0.25, -0.2) is 4.79 Å². The van der Waals surface area contributed by atoms with Gasteiger partial charge in [0.2, 0.25) is 0 Å². The lowest BCUT2D eigenvalue weighted by molar-refractivity contribution is 0.0914. The molecule has 1 aromatic carbocycles. The topological polar surface area (TPSA) is 79.5 Å². The van der Waals surface area contributed by atoms with Gasteiger partial charge in [-0.3, -0.25) is 4.79 Å². The fourth-order valence-corrected chi connectivity index (χ4v) is 1.82. The van der Waals surface area contributed by atoms with Crippen LogP contribution in [-0.4, -0.2) is 23.7 Å². The summed E-state index contributed by atoms with van der Waals surface area (Å²) in [7, 11) is 0. The lowest BCUT2D eigenvalue weighted by Crippen LogP contribution is -2.39. The number of hydrogen-bond acceptors (Lipinski definition) is 4. The molecule has 0 unspecified atom stereocenters. The van der Waals surface area contributed by atoms with Gasteiger partial charge in [-0.15, -0.1) is 0 Å². The maximum atomic E-state index is 11.9. The van der Waals surface area contributed by atoms with Crippen LogP contribution in [0.4, 0.5) is 0 Å². The van der Waals surface area contributed by atoms with E-state index >= 15 is 0 Å². The van der Waals surface area contributed by atoms with E-state index in [1.807, 2.05) is 30.3 Å². The van der Waals surface area contributed by atoms with Crippen molar-refractivity contribution in [3.63, 3.8) is 0 Å². The fourth-order valence-electron chi connectivity index (χ4n) is 1.82. The second-order valence-corrected chi connectivity index (χ2v) is 4.39. The lowest BCUT2D eigenvalue weighted by Gasteiger charge is -2.16. The Balaban J connectivity index is 2.01. The van der Waals surface area contributed by atoms with E-state index in [-0.39, 0.29) is 18.1 Å². The molecule has 1 atom stereocenters. The second kappa shape index (κ2) is 6.68. The third kappa shape index (κ3) is 3.80. The SMILES string of the molecule is O=C(N[C@@H](CO)Cc1ccccc1)c1ccc(=O)oc1. The van der Waals surface area contributed by atoms with Crippen molar-refractivity contribution in [1.82, 2.24) is 5.32 Å². The van der Waals surface area contributed by atoms with Gasteiger partial charge in [0.25, 0.3) is 5.91 Å². The smallest absolute Gasteiger partial charge is 0.335 e. The van der Waals surface area contributed by atoms with Crippen LogP contribution in [0.25, 0.3) is 0 Å². The summed E-state index contributed by atoms with van der Waals surface area (Å²) >= 11 is 0. The van der Waals surface area contributed by atoms with Gasteiger partial charge in [0.1, 0.15) is 6.26 Å². The first kappa shape index (κ1) is 14.0. The number of amides is 1. The Morgan fingerprint density at radius 2 is 1.95 bits per heavy atom. The number of carbonyl (C=O) groups excluding carboxylic acids is 1. The Bertz CT molecular complexity index is 601. The van der Waals surface area contributed by atoms with Gasteiger partial charge < -0.3 is 14.8 Å².